The number of hydrogen-bond donors (Lipinski definition) is 0. The largest absolute Gasteiger partial charge is 0.463 e. The fourth-order valence-electron chi connectivity index (χ4n) is 4.63. The van der Waals surface area contributed by atoms with E-state index in [9.17, 15) is 9.59 Å². The lowest BCUT2D eigenvalue weighted by Gasteiger charge is -2.27. The minimum Gasteiger partial charge on any atom is -0.463 e. The molecule has 5 nitrogen and oxygen atoms in total. The molecule has 2 bridgehead atoms. The Kier molecular flexibility index (Phi) is 3.12. The predicted molar refractivity (Wildman–Crippen MR) is 78.9 cm³/mol. The molecule has 4 aliphatic rings. The lowest BCUT2D eigenvalue weighted by atomic mass is 9.77. The minimum absolute atomic E-state index is 0.0875. The van der Waals surface area contributed by atoms with Crippen LogP contribution in [0.25, 0.3) is 0 Å². The summed E-state index contributed by atoms with van der Waals surface area (Å²) in [5.41, 5.74) is -0.592. The van der Waals surface area contributed by atoms with Crippen molar-refractivity contribution in [3.05, 3.63) is 12.2 Å². The monoisotopic (exact) mass is 305 g/mol. The molecule has 2 unspecified atom stereocenters. The molecule has 22 heavy (non-hydrogen) atoms. The van der Waals surface area contributed by atoms with Crippen molar-refractivity contribution in [3.8, 4) is 0 Å². The molecule has 2 saturated heterocycles. The summed E-state index contributed by atoms with van der Waals surface area (Å²) in [7, 11) is 0. The number of amides is 1. The Balaban J connectivity index is 1.61. The van der Waals surface area contributed by atoms with Gasteiger partial charge in [0.15, 0.2) is 0 Å². The fourth-order valence-corrected chi connectivity index (χ4v) is 4.63. The zero-order valence-corrected chi connectivity index (χ0v) is 13.2. The Morgan fingerprint density at radius 2 is 2.14 bits per heavy atom. The second-order valence-electron chi connectivity index (χ2n) is 7.29. The van der Waals surface area contributed by atoms with Crippen LogP contribution in [-0.2, 0) is 19.1 Å². The summed E-state index contributed by atoms with van der Waals surface area (Å²) in [6, 6.07) is 0.324. The molecule has 1 saturated carbocycles. The molecular formula is C17H23NO4. The van der Waals surface area contributed by atoms with E-state index in [1.54, 1.807) is 0 Å². The fraction of sp³-hybridized carbons (Fsp3) is 0.765. The van der Waals surface area contributed by atoms with Crippen molar-refractivity contribution in [1.82, 2.24) is 4.90 Å². The highest BCUT2D eigenvalue weighted by Crippen LogP contribution is 2.53. The standard InChI is InChI=1S/C17H23NO4/c1-10(2)21-16(20)13-12-7-8-17(22-12)9-18(15(19)14(13)17)11-5-3-4-6-11/h7-8,10-14H,3-6,9H2,1-2H3/t12-,13?,14-,17?/m1/s1. The van der Waals surface area contributed by atoms with Crippen molar-refractivity contribution in [2.75, 3.05) is 6.54 Å². The van der Waals surface area contributed by atoms with Crippen LogP contribution in [0.1, 0.15) is 39.5 Å². The molecule has 1 aliphatic carbocycles. The maximum absolute atomic E-state index is 13.0. The summed E-state index contributed by atoms with van der Waals surface area (Å²) in [4.78, 5) is 27.4. The molecule has 0 radical (unpaired) electrons. The molecule has 5 heteroatoms. The van der Waals surface area contributed by atoms with Gasteiger partial charge in [0.1, 0.15) is 11.5 Å². The molecule has 1 spiro atoms. The first-order chi connectivity index (χ1) is 10.5. The van der Waals surface area contributed by atoms with Gasteiger partial charge < -0.3 is 14.4 Å². The van der Waals surface area contributed by atoms with Gasteiger partial charge in [-0.1, -0.05) is 25.0 Å². The van der Waals surface area contributed by atoms with Gasteiger partial charge in [0.25, 0.3) is 0 Å². The Bertz CT molecular complexity index is 537. The van der Waals surface area contributed by atoms with Crippen LogP contribution in [0.5, 0.6) is 0 Å². The zero-order valence-electron chi connectivity index (χ0n) is 13.2. The molecular weight excluding hydrogens is 282 g/mol. The van der Waals surface area contributed by atoms with Gasteiger partial charge in [-0.2, -0.15) is 0 Å². The molecule has 120 valence electrons. The summed E-state index contributed by atoms with van der Waals surface area (Å²) >= 11 is 0. The van der Waals surface area contributed by atoms with Crippen molar-refractivity contribution < 1.29 is 19.1 Å². The first-order valence-electron chi connectivity index (χ1n) is 8.40. The van der Waals surface area contributed by atoms with Gasteiger partial charge in [-0.3, -0.25) is 9.59 Å². The van der Waals surface area contributed by atoms with Crippen molar-refractivity contribution in [1.29, 1.82) is 0 Å². The molecule has 0 N–H and O–H groups in total. The van der Waals surface area contributed by atoms with Crippen LogP contribution >= 0.6 is 0 Å². The lowest BCUT2D eigenvalue weighted by molar-refractivity contribution is -0.157. The van der Waals surface area contributed by atoms with Crippen molar-refractivity contribution in [2.45, 2.75) is 63.4 Å². The third-order valence-corrected chi connectivity index (χ3v) is 5.52. The maximum atomic E-state index is 13.0. The SMILES string of the molecule is CC(C)OC(=O)C1[C@H]2C=CC3(CN(C4CCCC4)C(=O)[C@@H]13)O2. The first kappa shape index (κ1) is 14.2. The lowest BCUT2D eigenvalue weighted by Crippen LogP contribution is -2.41. The number of hydrogen-bond acceptors (Lipinski definition) is 4. The second kappa shape index (κ2) is 4.82. The molecule has 0 aromatic heterocycles. The molecule has 3 fully saturated rings. The van der Waals surface area contributed by atoms with E-state index in [2.05, 4.69) is 0 Å². The molecule has 1 amide bonds. The summed E-state index contributed by atoms with van der Waals surface area (Å²) in [5.74, 6) is -1.08. The Hall–Kier alpha value is -1.36. The molecule has 0 aromatic rings. The highest BCUT2D eigenvalue weighted by Gasteiger charge is 2.68. The van der Waals surface area contributed by atoms with Crippen LogP contribution in [-0.4, -0.2) is 47.2 Å². The second-order valence-corrected chi connectivity index (χ2v) is 7.29. The average molecular weight is 305 g/mol. The van der Waals surface area contributed by atoms with E-state index in [1.807, 2.05) is 30.9 Å². The Morgan fingerprint density at radius 3 is 2.82 bits per heavy atom. The zero-order chi connectivity index (χ0) is 15.5. The van der Waals surface area contributed by atoms with E-state index in [-0.39, 0.29) is 24.1 Å². The van der Waals surface area contributed by atoms with E-state index in [0.29, 0.717) is 12.6 Å². The van der Waals surface area contributed by atoms with E-state index in [0.717, 1.165) is 12.8 Å². The third kappa shape index (κ3) is 1.87. The molecule has 4 rings (SSSR count). The van der Waals surface area contributed by atoms with Gasteiger partial charge in [-0.15, -0.1) is 0 Å². The smallest absolute Gasteiger partial charge is 0.313 e. The number of nitrogens with zero attached hydrogens (tertiary/aromatic N) is 1. The van der Waals surface area contributed by atoms with Gasteiger partial charge >= 0.3 is 5.97 Å². The summed E-state index contributed by atoms with van der Waals surface area (Å²) < 4.78 is 11.5. The van der Waals surface area contributed by atoms with Gasteiger partial charge in [0.2, 0.25) is 5.91 Å². The normalized spacial score (nSPS) is 40.0. The van der Waals surface area contributed by atoms with Crippen LogP contribution in [0.15, 0.2) is 12.2 Å². The number of rotatable bonds is 3. The van der Waals surface area contributed by atoms with Gasteiger partial charge in [0, 0.05) is 6.04 Å². The van der Waals surface area contributed by atoms with E-state index in [4.69, 9.17) is 9.47 Å². The number of carbonyl (C=O) groups is 2. The van der Waals surface area contributed by atoms with Crippen LogP contribution in [0.4, 0.5) is 0 Å². The Labute approximate surface area is 130 Å². The summed E-state index contributed by atoms with van der Waals surface area (Å²) in [5, 5.41) is 0. The van der Waals surface area contributed by atoms with Crippen LogP contribution < -0.4 is 0 Å². The minimum atomic E-state index is -0.592. The quantitative estimate of drug-likeness (QED) is 0.588. The first-order valence-corrected chi connectivity index (χ1v) is 8.40. The molecule has 3 heterocycles. The number of carbonyl (C=O) groups excluding carboxylic acids is 2. The molecule has 4 atom stereocenters. The van der Waals surface area contributed by atoms with Gasteiger partial charge in [0.05, 0.1) is 24.7 Å². The summed E-state index contributed by atoms with van der Waals surface area (Å²) in [6.45, 7) is 4.26. The van der Waals surface area contributed by atoms with E-state index in [1.165, 1.54) is 12.8 Å². The topological polar surface area (TPSA) is 55.8 Å². The number of ether oxygens (including phenoxy) is 2. The highest BCUT2D eigenvalue weighted by molar-refractivity contribution is 5.91. The molecule has 3 aliphatic heterocycles. The van der Waals surface area contributed by atoms with Crippen molar-refractivity contribution >= 4 is 11.9 Å². The highest BCUT2D eigenvalue weighted by atomic mass is 16.6. The predicted octanol–water partition coefficient (Wildman–Crippen LogP) is 1.66. The van der Waals surface area contributed by atoms with Gasteiger partial charge in [-0.25, -0.2) is 0 Å². The van der Waals surface area contributed by atoms with Crippen molar-refractivity contribution in [3.63, 3.8) is 0 Å². The van der Waals surface area contributed by atoms with Gasteiger partial charge in [-0.05, 0) is 26.7 Å². The maximum Gasteiger partial charge on any atom is 0.313 e. The van der Waals surface area contributed by atoms with Crippen LogP contribution in [0.3, 0.4) is 0 Å². The van der Waals surface area contributed by atoms with Crippen LogP contribution in [0.2, 0.25) is 0 Å². The average Bonchev–Trinajstić information content (AvgIpc) is 3.18. The van der Waals surface area contributed by atoms with E-state index >= 15 is 0 Å². The van der Waals surface area contributed by atoms with E-state index < -0.39 is 17.4 Å². The Morgan fingerprint density at radius 1 is 1.41 bits per heavy atom. The molecule has 0 aromatic carbocycles. The number of esters is 1. The van der Waals surface area contributed by atoms with Crippen LogP contribution in [0, 0.1) is 11.8 Å². The van der Waals surface area contributed by atoms with Crippen molar-refractivity contribution in [2.24, 2.45) is 11.8 Å². The summed E-state index contributed by atoms with van der Waals surface area (Å²) in [6.07, 6.45) is 7.99. The number of fused-ring (bicyclic) bond motifs is 1. The number of likely N-dealkylation sites (tertiary alicyclic amines) is 1. The third-order valence-electron chi connectivity index (χ3n) is 5.52.